The lowest BCUT2D eigenvalue weighted by molar-refractivity contribution is -0.114. The van der Waals surface area contributed by atoms with Crippen LogP contribution in [0.3, 0.4) is 0 Å². The molecule has 0 atom stereocenters. The molecule has 2 amide bonds. The van der Waals surface area contributed by atoms with Crippen molar-refractivity contribution >= 4 is 44.6 Å². The van der Waals surface area contributed by atoms with Crippen LogP contribution in [-0.2, 0) is 14.6 Å². The van der Waals surface area contributed by atoms with E-state index in [2.05, 4.69) is 10.6 Å². The molecule has 0 bridgehead atoms. The zero-order chi connectivity index (χ0) is 19.5. The number of sulfone groups is 1. The van der Waals surface area contributed by atoms with Gasteiger partial charge in [-0.3, -0.25) is 9.59 Å². The van der Waals surface area contributed by atoms with E-state index in [0.29, 0.717) is 16.4 Å². The first kappa shape index (κ1) is 19.9. The van der Waals surface area contributed by atoms with E-state index in [9.17, 15) is 18.0 Å². The summed E-state index contributed by atoms with van der Waals surface area (Å²) in [5, 5.41) is 5.02. The lowest BCUT2D eigenvalue weighted by atomic mass is 10.2. The molecule has 0 saturated heterocycles. The predicted octanol–water partition coefficient (Wildman–Crippen LogP) is 3.73. The van der Waals surface area contributed by atoms with E-state index < -0.39 is 21.0 Å². The van der Waals surface area contributed by atoms with Crippen LogP contribution in [0.15, 0.2) is 47.4 Å². The molecular formula is C18H19ClN2O4S. The molecule has 2 aromatic rings. The van der Waals surface area contributed by atoms with E-state index in [4.69, 9.17) is 11.6 Å². The van der Waals surface area contributed by atoms with Crippen LogP contribution in [0.25, 0.3) is 0 Å². The summed E-state index contributed by atoms with van der Waals surface area (Å²) in [6.45, 7) is 4.57. The Hall–Kier alpha value is -2.38. The predicted molar refractivity (Wildman–Crippen MR) is 102 cm³/mol. The molecule has 2 rings (SSSR count). The molecule has 26 heavy (non-hydrogen) atoms. The van der Waals surface area contributed by atoms with Gasteiger partial charge >= 0.3 is 0 Å². The lowest BCUT2D eigenvalue weighted by Crippen LogP contribution is -2.15. The Bertz CT molecular complexity index is 938. The Balaban J connectivity index is 2.22. The first-order valence-corrected chi connectivity index (χ1v) is 9.76. The molecule has 0 aliphatic carbocycles. The molecule has 8 heteroatoms. The number of rotatable bonds is 5. The van der Waals surface area contributed by atoms with Crippen LogP contribution in [-0.4, -0.2) is 25.5 Å². The number of halogens is 1. The highest BCUT2D eigenvalue weighted by atomic mass is 35.5. The topological polar surface area (TPSA) is 92.3 Å². The summed E-state index contributed by atoms with van der Waals surface area (Å²) < 4.78 is 24.2. The molecule has 0 heterocycles. The monoisotopic (exact) mass is 394 g/mol. The fourth-order valence-electron chi connectivity index (χ4n) is 2.16. The first-order chi connectivity index (χ1) is 12.1. The standard InChI is InChI=1S/C18H19ClN2O4S/c1-11(2)26(24,25)15-7-4-13(5-8-15)18(23)21-17-10-14(20-12(3)22)6-9-16(17)19/h4-11H,1-3H3,(H,20,22)(H,21,23). The number of nitrogens with one attached hydrogen (secondary N) is 2. The molecule has 0 saturated carbocycles. The summed E-state index contributed by atoms with van der Waals surface area (Å²) >= 11 is 6.08. The van der Waals surface area contributed by atoms with E-state index in [0.717, 1.165) is 0 Å². The third-order valence-corrected chi connectivity index (χ3v) is 6.10. The first-order valence-electron chi connectivity index (χ1n) is 7.83. The number of hydrogen-bond donors (Lipinski definition) is 2. The SMILES string of the molecule is CC(=O)Nc1ccc(Cl)c(NC(=O)c2ccc(S(=O)(=O)C(C)C)cc2)c1. The van der Waals surface area contributed by atoms with Crippen LogP contribution in [0.5, 0.6) is 0 Å². The van der Waals surface area contributed by atoms with Crippen LogP contribution in [0, 0.1) is 0 Å². The minimum absolute atomic E-state index is 0.162. The van der Waals surface area contributed by atoms with Gasteiger partial charge in [0.05, 0.1) is 20.9 Å². The maximum Gasteiger partial charge on any atom is 0.255 e. The molecule has 0 unspecified atom stereocenters. The third kappa shape index (κ3) is 4.62. The molecular weight excluding hydrogens is 376 g/mol. The quantitative estimate of drug-likeness (QED) is 0.808. The smallest absolute Gasteiger partial charge is 0.255 e. The molecule has 138 valence electrons. The van der Waals surface area contributed by atoms with Gasteiger partial charge in [0.1, 0.15) is 0 Å². The second kappa shape index (κ2) is 7.88. The van der Waals surface area contributed by atoms with Crippen molar-refractivity contribution in [1.82, 2.24) is 0 Å². The molecule has 2 N–H and O–H groups in total. The van der Waals surface area contributed by atoms with Crippen LogP contribution in [0.2, 0.25) is 5.02 Å². The van der Waals surface area contributed by atoms with Crippen molar-refractivity contribution < 1.29 is 18.0 Å². The Morgan fingerprint density at radius 1 is 1.00 bits per heavy atom. The summed E-state index contributed by atoms with van der Waals surface area (Å²) in [7, 11) is -3.40. The highest BCUT2D eigenvalue weighted by Gasteiger charge is 2.19. The fraction of sp³-hybridized carbons (Fsp3) is 0.222. The van der Waals surface area contributed by atoms with Crippen LogP contribution >= 0.6 is 11.6 Å². The van der Waals surface area contributed by atoms with Crippen LogP contribution in [0.4, 0.5) is 11.4 Å². The van der Waals surface area contributed by atoms with Crippen molar-refractivity contribution in [3.8, 4) is 0 Å². The van der Waals surface area contributed by atoms with E-state index in [1.165, 1.54) is 31.2 Å². The van der Waals surface area contributed by atoms with Gasteiger partial charge in [0.2, 0.25) is 5.91 Å². The van der Waals surface area contributed by atoms with Crippen molar-refractivity contribution in [2.75, 3.05) is 10.6 Å². The maximum atomic E-state index is 12.4. The molecule has 6 nitrogen and oxygen atoms in total. The summed E-state index contributed by atoms with van der Waals surface area (Å²) in [4.78, 5) is 23.7. The lowest BCUT2D eigenvalue weighted by Gasteiger charge is -2.11. The molecule has 0 aromatic heterocycles. The number of amides is 2. The highest BCUT2D eigenvalue weighted by Crippen LogP contribution is 2.26. The van der Waals surface area contributed by atoms with Gasteiger partial charge in [-0.15, -0.1) is 0 Å². The second-order valence-corrected chi connectivity index (χ2v) is 8.86. The minimum Gasteiger partial charge on any atom is -0.326 e. The number of anilines is 2. The van der Waals surface area contributed by atoms with Gasteiger partial charge < -0.3 is 10.6 Å². The van der Waals surface area contributed by atoms with E-state index in [1.54, 1.807) is 32.0 Å². The van der Waals surface area contributed by atoms with Crippen molar-refractivity contribution in [2.45, 2.75) is 30.9 Å². The number of benzene rings is 2. The van der Waals surface area contributed by atoms with Crippen molar-refractivity contribution in [1.29, 1.82) is 0 Å². The van der Waals surface area contributed by atoms with Crippen molar-refractivity contribution in [2.24, 2.45) is 0 Å². The number of carbonyl (C=O) groups is 2. The number of carbonyl (C=O) groups excluding carboxylic acids is 2. The Morgan fingerprint density at radius 3 is 2.15 bits per heavy atom. The summed E-state index contributed by atoms with van der Waals surface area (Å²) in [5.74, 6) is -0.688. The second-order valence-electron chi connectivity index (χ2n) is 5.95. The van der Waals surface area contributed by atoms with Crippen LogP contribution in [0.1, 0.15) is 31.1 Å². The van der Waals surface area contributed by atoms with Gasteiger partial charge in [0.25, 0.3) is 5.91 Å². The fourth-order valence-corrected chi connectivity index (χ4v) is 3.39. The highest BCUT2D eigenvalue weighted by molar-refractivity contribution is 7.92. The third-order valence-electron chi connectivity index (χ3n) is 3.60. The summed E-state index contributed by atoms with van der Waals surface area (Å²) in [6.07, 6.45) is 0. The van der Waals surface area contributed by atoms with Gasteiger partial charge in [-0.05, 0) is 56.3 Å². The van der Waals surface area contributed by atoms with Gasteiger partial charge in [0.15, 0.2) is 9.84 Å². The zero-order valence-corrected chi connectivity index (χ0v) is 16.1. The van der Waals surface area contributed by atoms with Gasteiger partial charge in [-0.2, -0.15) is 0 Å². The van der Waals surface area contributed by atoms with E-state index in [1.807, 2.05) is 0 Å². The van der Waals surface area contributed by atoms with Gasteiger partial charge in [0, 0.05) is 18.2 Å². The average Bonchev–Trinajstić information content (AvgIpc) is 2.57. The molecule has 0 spiro atoms. The van der Waals surface area contributed by atoms with Crippen molar-refractivity contribution in [3.63, 3.8) is 0 Å². The molecule has 0 radical (unpaired) electrons. The average molecular weight is 395 g/mol. The Kier molecular flexibility index (Phi) is 6.05. The van der Waals surface area contributed by atoms with Gasteiger partial charge in [-0.25, -0.2) is 8.42 Å². The largest absolute Gasteiger partial charge is 0.326 e. The molecule has 0 aliphatic rings. The molecule has 0 aliphatic heterocycles. The summed E-state index contributed by atoms with van der Waals surface area (Å²) in [6, 6.07) is 10.4. The van der Waals surface area contributed by atoms with Crippen molar-refractivity contribution in [3.05, 3.63) is 53.1 Å². The normalized spacial score (nSPS) is 11.3. The molecule has 2 aromatic carbocycles. The van der Waals surface area contributed by atoms with Gasteiger partial charge in [-0.1, -0.05) is 11.6 Å². The Morgan fingerprint density at radius 2 is 1.62 bits per heavy atom. The number of hydrogen-bond acceptors (Lipinski definition) is 4. The molecule has 0 fully saturated rings. The zero-order valence-electron chi connectivity index (χ0n) is 14.5. The van der Waals surface area contributed by atoms with E-state index >= 15 is 0 Å². The maximum absolute atomic E-state index is 12.4. The van der Waals surface area contributed by atoms with Crippen LogP contribution < -0.4 is 10.6 Å². The summed E-state index contributed by atoms with van der Waals surface area (Å²) in [5.41, 5.74) is 1.12. The minimum atomic E-state index is -3.40. The Labute approximate surface area is 157 Å². The van der Waals surface area contributed by atoms with E-state index in [-0.39, 0.29) is 16.4 Å².